The van der Waals surface area contributed by atoms with Gasteiger partial charge in [-0.3, -0.25) is 4.79 Å². The number of amides is 1. The molecule has 0 saturated heterocycles. The average Bonchev–Trinajstić information content (AvgIpc) is 2.55. The maximum Gasteiger partial charge on any atom is 0.387 e. The molecular formula is C17H17F2NO4S. The van der Waals surface area contributed by atoms with Gasteiger partial charge in [-0.25, -0.2) is 8.42 Å². The van der Waals surface area contributed by atoms with E-state index in [1.54, 1.807) is 12.1 Å². The minimum atomic E-state index is -3.30. The summed E-state index contributed by atoms with van der Waals surface area (Å²) in [7, 11) is -3.30. The molecule has 2 aromatic rings. The lowest BCUT2D eigenvalue weighted by Gasteiger charge is -2.08. The number of hydrogen-bond donors (Lipinski definition) is 1. The van der Waals surface area contributed by atoms with E-state index in [0.717, 1.165) is 11.8 Å². The van der Waals surface area contributed by atoms with Crippen molar-refractivity contribution in [2.75, 3.05) is 12.8 Å². The summed E-state index contributed by atoms with van der Waals surface area (Å²) in [5.41, 5.74) is 1.21. The third kappa shape index (κ3) is 5.82. The molecule has 2 aromatic carbocycles. The molecule has 0 bridgehead atoms. The summed E-state index contributed by atoms with van der Waals surface area (Å²) in [5, 5.41) is 2.71. The van der Waals surface area contributed by atoms with Crippen LogP contribution in [0.4, 0.5) is 8.78 Å². The van der Waals surface area contributed by atoms with Crippen LogP contribution in [-0.2, 0) is 16.3 Å². The fraction of sp³-hybridized carbons (Fsp3) is 0.235. The zero-order valence-electron chi connectivity index (χ0n) is 13.4. The highest BCUT2D eigenvalue weighted by molar-refractivity contribution is 7.90. The first-order chi connectivity index (χ1) is 11.8. The van der Waals surface area contributed by atoms with Crippen molar-refractivity contribution < 1.29 is 26.7 Å². The molecule has 0 fully saturated rings. The molecule has 8 heteroatoms. The van der Waals surface area contributed by atoms with Crippen molar-refractivity contribution in [2.24, 2.45) is 0 Å². The van der Waals surface area contributed by atoms with Gasteiger partial charge >= 0.3 is 6.61 Å². The molecule has 0 aliphatic carbocycles. The van der Waals surface area contributed by atoms with Gasteiger partial charge in [0.25, 0.3) is 5.91 Å². The smallest absolute Gasteiger partial charge is 0.387 e. The molecule has 1 amide bonds. The van der Waals surface area contributed by atoms with Crippen molar-refractivity contribution >= 4 is 15.7 Å². The van der Waals surface area contributed by atoms with E-state index in [1.165, 1.54) is 36.4 Å². The van der Waals surface area contributed by atoms with Gasteiger partial charge in [-0.05, 0) is 48.4 Å². The number of rotatable bonds is 7. The number of alkyl halides is 2. The van der Waals surface area contributed by atoms with E-state index in [0.29, 0.717) is 18.5 Å². The van der Waals surface area contributed by atoms with Crippen LogP contribution in [0.1, 0.15) is 15.9 Å². The Labute approximate surface area is 144 Å². The second-order valence-electron chi connectivity index (χ2n) is 5.32. The molecule has 134 valence electrons. The van der Waals surface area contributed by atoms with Crippen LogP contribution in [0.15, 0.2) is 53.4 Å². The van der Waals surface area contributed by atoms with Crippen molar-refractivity contribution in [3.05, 3.63) is 59.7 Å². The predicted octanol–water partition coefficient (Wildman–Crippen LogP) is 2.66. The second-order valence-corrected chi connectivity index (χ2v) is 7.34. The summed E-state index contributed by atoms with van der Waals surface area (Å²) in [4.78, 5) is 12.2. The van der Waals surface area contributed by atoms with E-state index < -0.39 is 16.4 Å². The lowest BCUT2D eigenvalue weighted by molar-refractivity contribution is -0.0498. The Bertz CT molecular complexity index is 819. The van der Waals surface area contributed by atoms with Crippen LogP contribution in [-0.4, -0.2) is 33.7 Å². The van der Waals surface area contributed by atoms with Crippen LogP contribution >= 0.6 is 0 Å². The van der Waals surface area contributed by atoms with Gasteiger partial charge < -0.3 is 10.1 Å². The molecular weight excluding hydrogens is 352 g/mol. The fourth-order valence-corrected chi connectivity index (χ4v) is 2.74. The molecule has 0 unspecified atom stereocenters. The molecule has 1 N–H and O–H groups in total. The Hall–Kier alpha value is -2.48. The van der Waals surface area contributed by atoms with E-state index in [-0.39, 0.29) is 16.6 Å². The van der Waals surface area contributed by atoms with Gasteiger partial charge in [0, 0.05) is 18.4 Å². The van der Waals surface area contributed by atoms with Crippen LogP contribution in [0.5, 0.6) is 5.75 Å². The number of halogens is 2. The Morgan fingerprint density at radius 3 is 2.20 bits per heavy atom. The molecule has 0 saturated carbocycles. The number of carbonyl (C=O) groups excluding carboxylic acids is 1. The molecule has 2 rings (SSSR count). The minimum Gasteiger partial charge on any atom is -0.435 e. The van der Waals surface area contributed by atoms with Crippen molar-refractivity contribution in [3.8, 4) is 5.75 Å². The summed E-state index contributed by atoms with van der Waals surface area (Å²) in [6.07, 6.45) is 1.61. The van der Waals surface area contributed by atoms with Crippen LogP contribution in [0.3, 0.4) is 0 Å². The highest BCUT2D eigenvalue weighted by Crippen LogP contribution is 2.15. The van der Waals surface area contributed by atoms with Crippen molar-refractivity contribution in [1.29, 1.82) is 0 Å². The number of carbonyl (C=O) groups is 1. The summed E-state index contributed by atoms with van der Waals surface area (Å²) in [6, 6.07) is 11.8. The largest absolute Gasteiger partial charge is 0.435 e. The first-order valence-corrected chi connectivity index (χ1v) is 9.27. The molecule has 0 aliphatic rings. The molecule has 0 heterocycles. The number of hydrogen-bond acceptors (Lipinski definition) is 4. The van der Waals surface area contributed by atoms with Crippen LogP contribution < -0.4 is 10.1 Å². The fourth-order valence-electron chi connectivity index (χ4n) is 2.11. The zero-order chi connectivity index (χ0) is 18.4. The highest BCUT2D eigenvalue weighted by Gasteiger charge is 2.09. The first kappa shape index (κ1) is 18.9. The van der Waals surface area contributed by atoms with Crippen LogP contribution in [0, 0.1) is 0 Å². The van der Waals surface area contributed by atoms with Gasteiger partial charge in [0.05, 0.1) is 4.90 Å². The van der Waals surface area contributed by atoms with Crippen molar-refractivity contribution in [1.82, 2.24) is 5.32 Å². The maximum absolute atomic E-state index is 12.1. The molecule has 0 atom stereocenters. The molecule has 0 aromatic heterocycles. The molecule has 25 heavy (non-hydrogen) atoms. The van der Waals surface area contributed by atoms with Crippen LogP contribution in [0.25, 0.3) is 0 Å². The van der Waals surface area contributed by atoms with Gasteiger partial charge in [0.1, 0.15) is 5.75 Å². The molecule has 0 aliphatic heterocycles. The third-order valence-electron chi connectivity index (χ3n) is 3.39. The van der Waals surface area contributed by atoms with E-state index in [1.807, 2.05) is 0 Å². The summed E-state index contributed by atoms with van der Waals surface area (Å²) < 4.78 is 51.1. The maximum atomic E-state index is 12.1. The number of nitrogens with one attached hydrogen (secondary N) is 1. The van der Waals surface area contributed by atoms with Gasteiger partial charge in [-0.15, -0.1) is 0 Å². The van der Waals surface area contributed by atoms with E-state index in [9.17, 15) is 22.0 Å². The third-order valence-corrected chi connectivity index (χ3v) is 4.52. The molecule has 5 nitrogen and oxygen atoms in total. The van der Waals surface area contributed by atoms with Gasteiger partial charge in [-0.2, -0.15) is 8.78 Å². The van der Waals surface area contributed by atoms with Gasteiger partial charge in [0.2, 0.25) is 0 Å². The Kier molecular flexibility index (Phi) is 6.08. The molecule has 0 radical (unpaired) electrons. The first-order valence-electron chi connectivity index (χ1n) is 7.38. The summed E-state index contributed by atoms with van der Waals surface area (Å²) in [6.45, 7) is -2.51. The minimum absolute atomic E-state index is 0.0775. The van der Waals surface area contributed by atoms with E-state index >= 15 is 0 Å². The van der Waals surface area contributed by atoms with E-state index in [4.69, 9.17) is 0 Å². The highest BCUT2D eigenvalue weighted by atomic mass is 32.2. The van der Waals surface area contributed by atoms with Gasteiger partial charge in [0.15, 0.2) is 9.84 Å². The standard InChI is InChI=1S/C17H17F2NO4S/c1-25(22,23)15-8-4-13(5-9-15)16(21)20-11-10-12-2-6-14(7-3-12)24-17(18)19/h2-9,17H,10-11H2,1H3,(H,20,21). The topological polar surface area (TPSA) is 72.5 Å². The monoisotopic (exact) mass is 369 g/mol. The Balaban J connectivity index is 1.86. The Morgan fingerprint density at radius 1 is 1.08 bits per heavy atom. The van der Waals surface area contributed by atoms with Gasteiger partial charge in [-0.1, -0.05) is 12.1 Å². The molecule has 0 spiro atoms. The van der Waals surface area contributed by atoms with Crippen molar-refractivity contribution in [2.45, 2.75) is 17.9 Å². The lowest BCUT2D eigenvalue weighted by atomic mass is 10.1. The number of benzene rings is 2. The van der Waals surface area contributed by atoms with Crippen LogP contribution in [0.2, 0.25) is 0 Å². The van der Waals surface area contributed by atoms with Crippen molar-refractivity contribution in [3.63, 3.8) is 0 Å². The zero-order valence-corrected chi connectivity index (χ0v) is 14.2. The predicted molar refractivity (Wildman–Crippen MR) is 88.7 cm³/mol. The average molecular weight is 369 g/mol. The number of sulfone groups is 1. The normalized spacial score (nSPS) is 11.4. The number of ether oxygens (including phenoxy) is 1. The van der Waals surface area contributed by atoms with E-state index in [2.05, 4.69) is 10.1 Å². The second kappa shape index (κ2) is 8.06. The Morgan fingerprint density at radius 2 is 1.68 bits per heavy atom. The summed E-state index contributed by atoms with van der Waals surface area (Å²) in [5.74, 6) is -0.244. The quantitative estimate of drug-likeness (QED) is 0.814. The SMILES string of the molecule is CS(=O)(=O)c1ccc(C(=O)NCCc2ccc(OC(F)F)cc2)cc1. The lowest BCUT2D eigenvalue weighted by Crippen LogP contribution is -2.25. The summed E-state index contributed by atoms with van der Waals surface area (Å²) >= 11 is 0.